The van der Waals surface area contributed by atoms with Crippen molar-refractivity contribution in [1.29, 1.82) is 0 Å². The van der Waals surface area contributed by atoms with Gasteiger partial charge in [0.1, 0.15) is 0 Å². The van der Waals surface area contributed by atoms with E-state index in [9.17, 15) is 8.42 Å². The van der Waals surface area contributed by atoms with Crippen LogP contribution in [0.15, 0.2) is 27.6 Å². The number of nitrogens with zero attached hydrogens (tertiary/aromatic N) is 1. The van der Waals surface area contributed by atoms with Crippen LogP contribution in [-0.4, -0.2) is 32.4 Å². The lowest BCUT2D eigenvalue weighted by molar-refractivity contribution is 0.349. The predicted molar refractivity (Wildman–Crippen MR) is 79.4 cm³/mol. The Bertz CT molecular complexity index is 588. The average Bonchev–Trinajstić information content (AvgIpc) is 2.73. The fraction of sp³-hybridized carbons (Fsp3) is 0.538. The van der Waals surface area contributed by atoms with Gasteiger partial charge in [0.05, 0.1) is 4.90 Å². The third kappa shape index (κ3) is 2.86. The van der Waals surface area contributed by atoms with E-state index in [0.717, 1.165) is 16.5 Å². The van der Waals surface area contributed by atoms with Crippen LogP contribution in [0.2, 0.25) is 0 Å². The van der Waals surface area contributed by atoms with Gasteiger partial charge in [-0.15, -0.1) is 0 Å². The molecule has 106 valence electrons. The summed E-state index contributed by atoms with van der Waals surface area (Å²) in [5.74, 6) is 0. The lowest BCUT2D eigenvalue weighted by atomic mass is 9.90. The van der Waals surface area contributed by atoms with Crippen molar-refractivity contribution in [3.63, 3.8) is 0 Å². The Morgan fingerprint density at radius 1 is 1.47 bits per heavy atom. The summed E-state index contributed by atoms with van der Waals surface area (Å²) < 4.78 is 27.7. The standard InChI is InChI=1S/C13H19BrN2O2S/c1-10-7-11(14)3-4-12(10)19(17,18)16-6-5-13(2,8-15)9-16/h3-4,7H,5-6,8-9,15H2,1-2H3. The van der Waals surface area contributed by atoms with Crippen molar-refractivity contribution < 1.29 is 8.42 Å². The van der Waals surface area contributed by atoms with Crippen molar-refractivity contribution in [1.82, 2.24) is 4.31 Å². The molecular weight excluding hydrogens is 328 g/mol. The molecule has 6 heteroatoms. The van der Waals surface area contributed by atoms with E-state index in [-0.39, 0.29) is 5.41 Å². The van der Waals surface area contributed by atoms with Crippen LogP contribution in [0, 0.1) is 12.3 Å². The Hall–Kier alpha value is -0.430. The Labute approximate surface area is 123 Å². The SMILES string of the molecule is Cc1cc(Br)ccc1S(=O)(=O)N1CCC(C)(CN)C1. The van der Waals surface area contributed by atoms with Crippen molar-refractivity contribution in [3.8, 4) is 0 Å². The van der Waals surface area contributed by atoms with Gasteiger partial charge in [-0.05, 0) is 49.1 Å². The zero-order valence-electron chi connectivity index (χ0n) is 11.2. The first kappa shape index (κ1) is 15.0. The molecule has 1 heterocycles. The van der Waals surface area contributed by atoms with Gasteiger partial charge >= 0.3 is 0 Å². The first-order valence-electron chi connectivity index (χ1n) is 6.25. The van der Waals surface area contributed by atoms with Gasteiger partial charge in [0.15, 0.2) is 0 Å². The first-order valence-corrected chi connectivity index (χ1v) is 8.48. The van der Waals surface area contributed by atoms with Gasteiger partial charge in [0, 0.05) is 17.6 Å². The molecule has 1 aromatic rings. The van der Waals surface area contributed by atoms with Crippen LogP contribution in [0.4, 0.5) is 0 Å². The number of halogens is 1. The third-order valence-corrected chi connectivity index (χ3v) is 6.27. The summed E-state index contributed by atoms with van der Waals surface area (Å²) in [4.78, 5) is 0.386. The molecule has 2 N–H and O–H groups in total. The number of rotatable bonds is 3. The maximum absolute atomic E-state index is 12.6. The molecule has 4 nitrogen and oxygen atoms in total. The molecular formula is C13H19BrN2O2S. The Balaban J connectivity index is 2.34. The van der Waals surface area contributed by atoms with E-state index in [1.165, 1.54) is 0 Å². The maximum atomic E-state index is 12.6. The predicted octanol–water partition coefficient (Wildman–Crippen LogP) is 2.12. The number of nitrogens with two attached hydrogens (primary N) is 1. The largest absolute Gasteiger partial charge is 0.330 e. The van der Waals surface area contributed by atoms with Crippen LogP contribution >= 0.6 is 15.9 Å². The van der Waals surface area contributed by atoms with Crippen LogP contribution in [0.25, 0.3) is 0 Å². The molecule has 0 amide bonds. The molecule has 0 radical (unpaired) electrons. The van der Waals surface area contributed by atoms with Crippen LogP contribution in [0.5, 0.6) is 0 Å². The second-order valence-corrected chi connectivity index (χ2v) is 8.34. The van der Waals surface area contributed by atoms with Crippen LogP contribution in [0.1, 0.15) is 18.9 Å². The zero-order chi connectivity index (χ0) is 14.3. The molecule has 0 bridgehead atoms. The summed E-state index contributed by atoms with van der Waals surface area (Å²) >= 11 is 3.35. The molecule has 1 atom stereocenters. The van der Waals surface area contributed by atoms with Gasteiger partial charge in [-0.1, -0.05) is 22.9 Å². The Kier molecular flexibility index (Phi) is 4.07. The highest BCUT2D eigenvalue weighted by Gasteiger charge is 2.39. The highest BCUT2D eigenvalue weighted by molar-refractivity contribution is 9.10. The maximum Gasteiger partial charge on any atom is 0.243 e. The molecule has 0 spiro atoms. The minimum atomic E-state index is -3.41. The van der Waals surface area contributed by atoms with Gasteiger partial charge in [-0.25, -0.2) is 8.42 Å². The number of benzene rings is 1. The van der Waals surface area contributed by atoms with Crippen molar-refractivity contribution in [2.24, 2.45) is 11.1 Å². The molecule has 1 aliphatic heterocycles. The van der Waals surface area contributed by atoms with E-state index in [1.54, 1.807) is 16.4 Å². The zero-order valence-corrected chi connectivity index (χ0v) is 13.6. The van der Waals surface area contributed by atoms with Crippen LogP contribution in [0.3, 0.4) is 0 Å². The van der Waals surface area contributed by atoms with Crippen molar-refractivity contribution >= 4 is 26.0 Å². The smallest absolute Gasteiger partial charge is 0.243 e. The number of sulfonamides is 1. The first-order chi connectivity index (χ1) is 8.78. The minimum absolute atomic E-state index is 0.101. The van der Waals surface area contributed by atoms with Gasteiger partial charge in [0.25, 0.3) is 0 Å². The van der Waals surface area contributed by atoms with Gasteiger partial charge in [0.2, 0.25) is 10.0 Å². The monoisotopic (exact) mass is 346 g/mol. The second-order valence-electron chi connectivity index (χ2n) is 5.51. The summed E-state index contributed by atoms with van der Waals surface area (Å²) in [5, 5.41) is 0. The Morgan fingerprint density at radius 3 is 2.68 bits per heavy atom. The van der Waals surface area contributed by atoms with Crippen LogP contribution in [-0.2, 0) is 10.0 Å². The molecule has 1 saturated heterocycles. The minimum Gasteiger partial charge on any atom is -0.330 e. The summed E-state index contributed by atoms with van der Waals surface area (Å²) in [6.07, 6.45) is 0.818. The van der Waals surface area contributed by atoms with Gasteiger partial charge in [-0.3, -0.25) is 0 Å². The molecule has 1 aliphatic rings. The fourth-order valence-electron chi connectivity index (χ4n) is 2.39. The summed E-state index contributed by atoms with van der Waals surface area (Å²) in [5.41, 5.74) is 6.39. The lowest BCUT2D eigenvalue weighted by Crippen LogP contribution is -2.34. The highest BCUT2D eigenvalue weighted by atomic mass is 79.9. The van der Waals surface area contributed by atoms with E-state index in [0.29, 0.717) is 24.5 Å². The van der Waals surface area contributed by atoms with Crippen LogP contribution < -0.4 is 5.73 Å². The number of hydrogen-bond acceptors (Lipinski definition) is 3. The molecule has 19 heavy (non-hydrogen) atoms. The molecule has 2 rings (SSSR count). The second kappa shape index (κ2) is 5.16. The van der Waals surface area contributed by atoms with Crippen molar-refractivity contribution in [2.75, 3.05) is 19.6 Å². The lowest BCUT2D eigenvalue weighted by Gasteiger charge is -2.23. The summed E-state index contributed by atoms with van der Waals surface area (Å²) in [7, 11) is -3.41. The van der Waals surface area contributed by atoms with Crippen molar-refractivity contribution in [3.05, 3.63) is 28.2 Å². The molecule has 0 aliphatic carbocycles. The average molecular weight is 347 g/mol. The normalized spacial score (nSPS) is 24.8. The summed E-state index contributed by atoms with van der Waals surface area (Å²) in [6, 6.07) is 5.25. The van der Waals surface area contributed by atoms with E-state index in [2.05, 4.69) is 15.9 Å². The highest BCUT2D eigenvalue weighted by Crippen LogP contribution is 2.33. The molecule has 1 unspecified atom stereocenters. The van der Waals surface area contributed by atoms with Gasteiger partial charge in [-0.2, -0.15) is 4.31 Å². The number of hydrogen-bond donors (Lipinski definition) is 1. The summed E-state index contributed by atoms with van der Waals surface area (Å²) in [6.45, 7) is 5.41. The quantitative estimate of drug-likeness (QED) is 0.911. The number of aryl methyl sites for hydroxylation is 1. The van der Waals surface area contributed by atoms with Crippen molar-refractivity contribution in [2.45, 2.75) is 25.2 Å². The molecule has 0 aromatic heterocycles. The van der Waals surface area contributed by atoms with E-state index in [4.69, 9.17) is 5.73 Å². The third-order valence-electron chi connectivity index (χ3n) is 3.77. The molecule has 1 fully saturated rings. The van der Waals surface area contributed by atoms with E-state index >= 15 is 0 Å². The topological polar surface area (TPSA) is 63.4 Å². The Morgan fingerprint density at radius 2 is 2.16 bits per heavy atom. The van der Waals surface area contributed by atoms with E-state index < -0.39 is 10.0 Å². The molecule has 0 saturated carbocycles. The van der Waals surface area contributed by atoms with Gasteiger partial charge < -0.3 is 5.73 Å². The fourth-order valence-corrected chi connectivity index (χ4v) is 4.66. The van der Waals surface area contributed by atoms with E-state index in [1.807, 2.05) is 19.9 Å². The molecule has 1 aromatic carbocycles.